The zero-order valence-electron chi connectivity index (χ0n) is 17.1. The van der Waals surface area contributed by atoms with Crippen LogP contribution in [0.25, 0.3) is 0 Å². The quantitative estimate of drug-likeness (QED) is 0.244. The van der Waals surface area contributed by atoms with E-state index in [0.717, 1.165) is 63.2 Å². The lowest BCUT2D eigenvalue weighted by atomic mass is 10.3. The Kier molecular flexibility index (Phi) is 9.81. The molecule has 0 saturated carbocycles. The molecule has 31 heavy (non-hydrogen) atoms. The maximum Gasteiger partial charge on any atom is 0.417 e. The van der Waals surface area contributed by atoms with Crippen LogP contribution in [0.3, 0.4) is 0 Å². The first kappa shape index (κ1) is 25.2. The number of aromatic nitrogens is 2. The van der Waals surface area contributed by atoms with E-state index in [1.807, 2.05) is 13.0 Å². The van der Waals surface area contributed by atoms with Gasteiger partial charge in [-0.15, -0.1) is 24.0 Å². The molecular formula is C19H26F3IN6O2. The Balaban J connectivity index is 0.00000341. The smallest absolute Gasteiger partial charge is 0.417 e. The van der Waals surface area contributed by atoms with Crippen LogP contribution in [0.5, 0.6) is 5.88 Å². The molecule has 2 aromatic rings. The number of rotatable bonds is 7. The summed E-state index contributed by atoms with van der Waals surface area (Å²) in [5.41, 5.74) is 0.114. The summed E-state index contributed by atoms with van der Waals surface area (Å²) in [5.74, 6) is 0.937. The monoisotopic (exact) mass is 554 g/mol. The molecule has 0 atom stereocenters. The highest BCUT2D eigenvalue weighted by molar-refractivity contribution is 14.0. The van der Waals surface area contributed by atoms with Gasteiger partial charge < -0.3 is 19.5 Å². The van der Waals surface area contributed by atoms with E-state index < -0.39 is 11.7 Å². The van der Waals surface area contributed by atoms with Gasteiger partial charge in [0.15, 0.2) is 5.96 Å². The third kappa shape index (κ3) is 7.83. The first-order chi connectivity index (χ1) is 14.5. The van der Waals surface area contributed by atoms with Gasteiger partial charge in [0.05, 0.1) is 17.8 Å². The molecule has 8 nitrogen and oxygen atoms in total. The van der Waals surface area contributed by atoms with E-state index in [2.05, 4.69) is 30.2 Å². The van der Waals surface area contributed by atoms with Crippen molar-refractivity contribution in [2.45, 2.75) is 19.6 Å². The maximum absolute atomic E-state index is 12.6. The molecule has 1 aliphatic rings. The predicted molar refractivity (Wildman–Crippen MR) is 119 cm³/mol. The number of hydrogen-bond acceptors (Lipinski definition) is 6. The minimum Gasteiger partial charge on any atom is -0.476 e. The summed E-state index contributed by atoms with van der Waals surface area (Å²) in [6.07, 6.45) is -2.07. The molecule has 3 heterocycles. The van der Waals surface area contributed by atoms with Crippen LogP contribution in [0.2, 0.25) is 0 Å². The Bertz CT molecular complexity index is 794. The Labute approximate surface area is 195 Å². The molecule has 0 radical (unpaired) electrons. The fraction of sp³-hybridized carbons (Fsp3) is 0.526. The van der Waals surface area contributed by atoms with Gasteiger partial charge in [-0.3, -0.25) is 4.90 Å². The number of hydrogen-bond donors (Lipinski definition) is 1. The van der Waals surface area contributed by atoms with Crippen LogP contribution < -0.4 is 10.1 Å². The third-order valence-corrected chi connectivity index (χ3v) is 4.55. The van der Waals surface area contributed by atoms with Crippen molar-refractivity contribution in [1.82, 2.24) is 25.3 Å². The molecule has 0 aliphatic carbocycles. The summed E-state index contributed by atoms with van der Waals surface area (Å²) in [5, 5.41) is 7.21. The Hall–Kier alpha value is -2.09. The molecule has 1 fully saturated rings. The zero-order chi connectivity index (χ0) is 21.4. The van der Waals surface area contributed by atoms with Gasteiger partial charge in [0, 0.05) is 57.6 Å². The van der Waals surface area contributed by atoms with Crippen LogP contribution in [-0.2, 0) is 12.7 Å². The third-order valence-electron chi connectivity index (χ3n) is 4.55. The average Bonchev–Trinajstić information content (AvgIpc) is 3.24. The molecule has 3 rings (SSSR count). The number of ether oxygens (including phenoxy) is 1. The number of alkyl halides is 3. The molecule has 1 N–H and O–H groups in total. The van der Waals surface area contributed by atoms with Crippen molar-refractivity contribution >= 4 is 29.9 Å². The number of guanidine groups is 1. The second-order valence-electron chi connectivity index (χ2n) is 6.72. The van der Waals surface area contributed by atoms with Crippen molar-refractivity contribution in [2.75, 3.05) is 45.9 Å². The lowest BCUT2D eigenvalue weighted by Crippen LogP contribution is -2.52. The predicted octanol–water partition coefficient (Wildman–Crippen LogP) is 2.87. The van der Waals surface area contributed by atoms with E-state index in [4.69, 9.17) is 9.26 Å². The molecule has 12 heteroatoms. The van der Waals surface area contributed by atoms with Gasteiger partial charge in [0.25, 0.3) is 0 Å². The summed E-state index contributed by atoms with van der Waals surface area (Å²) in [7, 11) is 0. The Morgan fingerprint density at radius 3 is 2.58 bits per heavy atom. The largest absolute Gasteiger partial charge is 0.476 e. The minimum atomic E-state index is -4.41. The molecule has 0 bridgehead atoms. The fourth-order valence-electron chi connectivity index (χ4n) is 3.03. The highest BCUT2D eigenvalue weighted by Gasteiger charge is 2.30. The number of piperazine rings is 1. The molecule has 0 spiro atoms. The summed E-state index contributed by atoms with van der Waals surface area (Å²) in [6.45, 7) is 7.48. The van der Waals surface area contributed by atoms with Crippen LogP contribution in [-0.4, -0.2) is 71.8 Å². The number of nitrogens with one attached hydrogen (secondary N) is 1. The highest BCUT2D eigenvalue weighted by atomic mass is 127. The number of pyridine rings is 1. The van der Waals surface area contributed by atoms with Crippen LogP contribution in [0.4, 0.5) is 13.2 Å². The number of aliphatic imine (C=N–C) groups is 1. The van der Waals surface area contributed by atoms with E-state index in [1.54, 1.807) is 6.26 Å². The van der Waals surface area contributed by atoms with Crippen molar-refractivity contribution < 1.29 is 22.4 Å². The van der Waals surface area contributed by atoms with Gasteiger partial charge in [-0.05, 0) is 13.0 Å². The molecule has 1 saturated heterocycles. The van der Waals surface area contributed by atoms with E-state index in [9.17, 15) is 13.2 Å². The number of halogens is 4. The molecule has 1 aliphatic heterocycles. The number of nitrogens with zero attached hydrogens (tertiary/aromatic N) is 5. The van der Waals surface area contributed by atoms with Crippen LogP contribution >= 0.6 is 24.0 Å². The Morgan fingerprint density at radius 1 is 1.23 bits per heavy atom. The van der Waals surface area contributed by atoms with Crippen molar-refractivity contribution in [1.29, 1.82) is 0 Å². The lowest BCUT2D eigenvalue weighted by molar-refractivity contribution is -0.137. The highest BCUT2D eigenvalue weighted by Crippen LogP contribution is 2.29. The van der Waals surface area contributed by atoms with Crippen molar-refractivity contribution in [2.24, 2.45) is 4.99 Å². The second-order valence-corrected chi connectivity index (χ2v) is 6.72. The first-order valence-corrected chi connectivity index (χ1v) is 9.76. The first-order valence-electron chi connectivity index (χ1n) is 9.76. The van der Waals surface area contributed by atoms with E-state index in [0.29, 0.717) is 6.54 Å². The molecule has 172 valence electrons. The van der Waals surface area contributed by atoms with Crippen LogP contribution in [0.1, 0.15) is 18.2 Å². The summed E-state index contributed by atoms with van der Waals surface area (Å²) in [6, 6.07) is 4.03. The Morgan fingerprint density at radius 2 is 2.00 bits per heavy atom. The van der Waals surface area contributed by atoms with Gasteiger partial charge in [-0.2, -0.15) is 13.2 Å². The van der Waals surface area contributed by atoms with Crippen LogP contribution in [0, 0.1) is 0 Å². The molecule has 0 unspecified atom stereocenters. The minimum absolute atomic E-state index is 0. The van der Waals surface area contributed by atoms with Gasteiger partial charge in [0.2, 0.25) is 5.88 Å². The summed E-state index contributed by atoms with van der Waals surface area (Å²) >= 11 is 0. The molecule has 0 amide bonds. The van der Waals surface area contributed by atoms with Crippen molar-refractivity contribution in [3.8, 4) is 5.88 Å². The van der Waals surface area contributed by atoms with Gasteiger partial charge >= 0.3 is 6.18 Å². The van der Waals surface area contributed by atoms with Gasteiger partial charge in [0.1, 0.15) is 12.9 Å². The normalized spacial score (nSPS) is 15.5. The van der Waals surface area contributed by atoms with E-state index >= 15 is 0 Å². The SMILES string of the molecule is CCNC(=NCCOc1ccc(C(F)(F)F)cn1)N1CCN(Cc2ccon2)CC1.I. The van der Waals surface area contributed by atoms with Crippen molar-refractivity contribution in [3.05, 3.63) is 41.9 Å². The van der Waals surface area contributed by atoms with E-state index in [-0.39, 0.29) is 36.5 Å². The van der Waals surface area contributed by atoms with Crippen molar-refractivity contribution in [3.63, 3.8) is 0 Å². The van der Waals surface area contributed by atoms with Gasteiger partial charge in [-0.1, -0.05) is 5.16 Å². The van der Waals surface area contributed by atoms with Gasteiger partial charge in [-0.25, -0.2) is 9.98 Å². The van der Waals surface area contributed by atoms with Crippen LogP contribution in [0.15, 0.2) is 40.2 Å². The second kappa shape index (κ2) is 12.1. The molecule has 2 aromatic heterocycles. The maximum atomic E-state index is 12.6. The standard InChI is InChI=1S/C19H25F3N6O2.HI/c1-2-23-18(28-9-7-27(8-10-28)14-16-5-11-30-26-16)24-6-12-29-17-4-3-15(13-25-17)19(20,21)22;/h3-5,11,13H,2,6-10,12,14H2,1H3,(H,23,24);1H. The zero-order valence-corrected chi connectivity index (χ0v) is 19.5. The molecular weight excluding hydrogens is 528 g/mol. The fourth-order valence-corrected chi connectivity index (χ4v) is 3.03. The summed E-state index contributed by atoms with van der Waals surface area (Å²) in [4.78, 5) is 12.7. The molecule has 0 aromatic carbocycles. The summed E-state index contributed by atoms with van der Waals surface area (Å²) < 4.78 is 48.0. The van der Waals surface area contributed by atoms with E-state index in [1.165, 1.54) is 6.07 Å². The lowest BCUT2D eigenvalue weighted by Gasteiger charge is -2.36. The average molecular weight is 554 g/mol. The topological polar surface area (TPSA) is 79.0 Å².